The molecule has 0 aliphatic heterocycles. The molecular weight excluding hydrogens is 271 g/mol. The molecule has 6 heteroatoms. The number of aliphatic hydroxyl groups excluding tert-OH is 1. The minimum atomic E-state index is -4.37. The Morgan fingerprint density at radius 2 is 2.05 bits per heavy atom. The van der Waals surface area contributed by atoms with Gasteiger partial charge in [0.25, 0.3) is 0 Å². The Morgan fingerprint density at radius 1 is 1.35 bits per heavy atom. The number of halogens is 3. The summed E-state index contributed by atoms with van der Waals surface area (Å²) in [5, 5.41) is 9.07. The topological polar surface area (TPSA) is 55.5 Å². The molecule has 3 N–H and O–H groups in total. The number of benzene rings is 1. The van der Waals surface area contributed by atoms with E-state index >= 15 is 0 Å². The minimum absolute atomic E-state index is 0.0700. The molecule has 0 heterocycles. The van der Waals surface area contributed by atoms with Crippen molar-refractivity contribution in [1.82, 2.24) is 0 Å². The van der Waals surface area contributed by atoms with Crippen molar-refractivity contribution in [2.45, 2.75) is 25.9 Å². The predicted molar refractivity (Wildman–Crippen MR) is 70.6 cm³/mol. The van der Waals surface area contributed by atoms with Gasteiger partial charge in [0.05, 0.1) is 12.2 Å². The van der Waals surface area contributed by atoms with Crippen molar-refractivity contribution in [3.8, 4) is 5.75 Å². The summed E-state index contributed by atoms with van der Waals surface area (Å²) in [4.78, 5) is 0. The van der Waals surface area contributed by atoms with Crippen molar-refractivity contribution in [3.05, 3.63) is 29.3 Å². The molecule has 114 valence electrons. The summed E-state index contributed by atoms with van der Waals surface area (Å²) in [5.41, 5.74) is 5.28. The molecule has 1 unspecified atom stereocenters. The number of rotatable bonds is 7. The van der Waals surface area contributed by atoms with Crippen LogP contribution < -0.4 is 10.5 Å². The van der Waals surface area contributed by atoms with Gasteiger partial charge in [-0.25, -0.2) is 0 Å². The number of aliphatic hydroxyl groups is 1. The molecule has 0 aliphatic carbocycles. The molecule has 1 atom stereocenters. The highest BCUT2D eigenvalue weighted by molar-refractivity contribution is 5.38. The van der Waals surface area contributed by atoms with E-state index in [1.807, 2.05) is 0 Å². The van der Waals surface area contributed by atoms with Gasteiger partial charge in [0, 0.05) is 6.61 Å². The van der Waals surface area contributed by atoms with Gasteiger partial charge in [-0.1, -0.05) is 0 Å². The summed E-state index contributed by atoms with van der Waals surface area (Å²) in [6.07, 6.45) is -3.46. The number of aryl methyl sites for hydroxylation is 1. The molecule has 0 spiro atoms. The van der Waals surface area contributed by atoms with Crippen LogP contribution in [0.25, 0.3) is 0 Å². The summed E-state index contributed by atoms with van der Waals surface area (Å²) < 4.78 is 43.5. The van der Waals surface area contributed by atoms with Crippen LogP contribution >= 0.6 is 0 Å². The first kappa shape index (κ1) is 16.8. The summed E-state index contributed by atoms with van der Waals surface area (Å²) in [6.45, 7) is 2.40. The number of hydrogen-bond acceptors (Lipinski definition) is 3. The van der Waals surface area contributed by atoms with E-state index in [4.69, 9.17) is 15.6 Å². The lowest BCUT2D eigenvalue weighted by atomic mass is 9.98. The SMILES string of the molecule is CCOc1ccc(C(F)(F)F)cc1CCC(CN)CO. The molecule has 1 aromatic carbocycles. The highest BCUT2D eigenvalue weighted by Crippen LogP contribution is 2.33. The average Bonchev–Trinajstić information content (AvgIpc) is 2.40. The fourth-order valence-electron chi connectivity index (χ4n) is 1.89. The summed E-state index contributed by atoms with van der Waals surface area (Å²) in [6, 6.07) is 3.47. The maximum atomic E-state index is 12.7. The van der Waals surface area contributed by atoms with E-state index in [1.165, 1.54) is 6.07 Å². The maximum Gasteiger partial charge on any atom is 0.416 e. The third-order valence-electron chi connectivity index (χ3n) is 3.10. The molecule has 0 bridgehead atoms. The number of hydrogen-bond donors (Lipinski definition) is 2. The molecule has 20 heavy (non-hydrogen) atoms. The largest absolute Gasteiger partial charge is 0.494 e. The van der Waals surface area contributed by atoms with Gasteiger partial charge >= 0.3 is 6.18 Å². The first-order chi connectivity index (χ1) is 9.42. The lowest BCUT2D eigenvalue weighted by Crippen LogP contribution is -2.19. The van der Waals surface area contributed by atoms with Crippen LogP contribution in [-0.4, -0.2) is 24.9 Å². The van der Waals surface area contributed by atoms with Gasteiger partial charge in [-0.2, -0.15) is 13.2 Å². The second-order valence-electron chi connectivity index (χ2n) is 4.58. The van der Waals surface area contributed by atoms with Crippen LogP contribution in [0.3, 0.4) is 0 Å². The second kappa shape index (κ2) is 7.50. The zero-order valence-corrected chi connectivity index (χ0v) is 11.4. The summed E-state index contributed by atoms with van der Waals surface area (Å²) in [7, 11) is 0. The Bertz CT molecular complexity index is 417. The van der Waals surface area contributed by atoms with Gasteiger partial charge in [0.1, 0.15) is 5.75 Å². The first-order valence-corrected chi connectivity index (χ1v) is 6.56. The molecule has 0 amide bonds. The summed E-state index contributed by atoms with van der Waals surface area (Å²) in [5.74, 6) is 0.341. The normalized spacial score (nSPS) is 13.3. The Kier molecular flexibility index (Phi) is 6.29. The van der Waals surface area contributed by atoms with Crippen LogP contribution in [0, 0.1) is 5.92 Å². The summed E-state index contributed by atoms with van der Waals surface area (Å²) >= 11 is 0. The molecule has 1 rings (SSSR count). The Labute approximate surface area is 116 Å². The van der Waals surface area contributed by atoms with E-state index in [0.29, 0.717) is 37.3 Å². The standard InChI is InChI=1S/C14H20F3NO2/c1-2-20-13-6-5-12(14(15,16)17)7-11(13)4-3-10(8-18)9-19/h5-7,10,19H,2-4,8-9,18H2,1H3. The lowest BCUT2D eigenvalue weighted by Gasteiger charge is -2.16. The fraction of sp³-hybridized carbons (Fsp3) is 0.571. The van der Waals surface area contributed by atoms with E-state index < -0.39 is 11.7 Å². The average molecular weight is 291 g/mol. The van der Waals surface area contributed by atoms with Crippen LogP contribution in [0.15, 0.2) is 18.2 Å². The first-order valence-electron chi connectivity index (χ1n) is 6.56. The molecule has 0 aromatic heterocycles. The number of alkyl halides is 3. The molecule has 0 saturated heterocycles. The molecular formula is C14H20F3NO2. The van der Waals surface area contributed by atoms with E-state index in [9.17, 15) is 13.2 Å². The van der Waals surface area contributed by atoms with Crippen LogP contribution in [0.4, 0.5) is 13.2 Å². The van der Waals surface area contributed by atoms with Gasteiger partial charge in [-0.3, -0.25) is 0 Å². The van der Waals surface area contributed by atoms with E-state index in [0.717, 1.165) is 12.1 Å². The van der Waals surface area contributed by atoms with Crippen LogP contribution in [0.2, 0.25) is 0 Å². The van der Waals surface area contributed by atoms with Crippen molar-refractivity contribution in [3.63, 3.8) is 0 Å². The van der Waals surface area contributed by atoms with Crippen LogP contribution in [0.1, 0.15) is 24.5 Å². The monoisotopic (exact) mass is 291 g/mol. The van der Waals surface area contributed by atoms with Gasteiger partial charge < -0.3 is 15.6 Å². The Balaban J connectivity index is 2.94. The van der Waals surface area contributed by atoms with Crippen molar-refractivity contribution < 1.29 is 23.0 Å². The molecule has 0 saturated carbocycles. The maximum absolute atomic E-state index is 12.7. The molecule has 0 aliphatic rings. The van der Waals surface area contributed by atoms with Crippen molar-refractivity contribution >= 4 is 0 Å². The molecule has 0 radical (unpaired) electrons. The van der Waals surface area contributed by atoms with Crippen LogP contribution in [0.5, 0.6) is 5.75 Å². The van der Waals surface area contributed by atoms with Crippen molar-refractivity contribution in [2.24, 2.45) is 11.7 Å². The quantitative estimate of drug-likeness (QED) is 0.812. The molecule has 0 fully saturated rings. The number of nitrogens with two attached hydrogens (primary N) is 1. The highest BCUT2D eigenvalue weighted by Gasteiger charge is 2.31. The Morgan fingerprint density at radius 3 is 2.55 bits per heavy atom. The fourth-order valence-corrected chi connectivity index (χ4v) is 1.89. The van der Waals surface area contributed by atoms with Crippen molar-refractivity contribution in [1.29, 1.82) is 0 Å². The highest BCUT2D eigenvalue weighted by atomic mass is 19.4. The minimum Gasteiger partial charge on any atom is -0.494 e. The van der Waals surface area contributed by atoms with Crippen molar-refractivity contribution in [2.75, 3.05) is 19.8 Å². The van der Waals surface area contributed by atoms with Crippen LogP contribution in [-0.2, 0) is 12.6 Å². The zero-order valence-electron chi connectivity index (χ0n) is 11.4. The van der Waals surface area contributed by atoms with Gasteiger partial charge in [0.15, 0.2) is 0 Å². The Hall–Kier alpha value is -1.27. The third kappa shape index (κ3) is 4.68. The molecule has 1 aromatic rings. The predicted octanol–water partition coefficient (Wildman–Crippen LogP) is 2.60. The van der Waals surface area contributed by atoms with E-state index in [-0.39, 0.29) is 12.5 Å². The van der Waals surface area contributed by atoms with E-state index in [1.54, 1.807) is 6.92 Å². The van der Waals surface area contributed by atoms with E-state index in [2.05, 4.69) is 0 Å². The smallest absolute Gasteiger partial charge is 0.416 e. The zero-order chi connectivity index (χ0) is 15.2. The third-order valence-corrected chi connectivity index (χ3v) is 3.10. The van der Waals surface area contributed by atoms with Gasteiger partial charge in [0.2, 0.25) is 0 Å². The lowest BCUT2D eigenvalue weighted by molar-refractivity contribution is -0.137. The second-order valence-corrected chi connectivity index (χ2v) is 4.58. The van der Waals surface area contributed by atoms with Gasteiger partial charge in [-0.05, 0) is 56.0 Å². The molecule has 3 nitrogen and oxygen atoms in total. The number of ether oxygens (including phenoxy) is 1. The van der Waals surface area contributed by atoms with Gasteiger partial charge in [-0.15, -0.1) is 0 Å².